The van der Waals surface area contributed by atoms with Gasteiger partial charge in [-0.2, -0.15) is 0 Å². The van der Waals surface area contributed by atoms with E-state index in [0.717, 1.165) is 15.0 Å². The van der Waals surface area contributed by atoms with Crippen molar-refractivity contribution in [1.82, 2.24) is 0 Å². The van der Waals surface area contributed by atoms with Crippen molar-refractivity contribution in [2.75, 3.05) is 0 Å². The number of hydrogen-bond acceptors (Lipinski definition) is 0. The molecule has 0 heterocycles. The second-order valence-electron chi connectivity index (χ2n) is 3.45. The minimum absolute atomic E-state index is 0.792. The predicted molar refractivity (Wildman–Crippen MR) is 63.4 cm³/mol. The molecular formula is C12H24Se. The molecule has 0 aromatic rings. The van der Waals surface area contributed by atoms with Gasteiger partial charge in [0.2, 0.25) is 0 Å². The van der Waals surface area contributed by atoms with E-state index < -0.39 is 0 Å². The van der Waals surface area contributed by atoms with Gasteiger partial charge in [-0.15, -0.1) is 0 Å². The summed E-state index contributed by atoms with van der Waals surface area (Å²) < 4.78 is 0. The Hall–Kier alpha value is 0.259. The van der Waals surface area contributed by atoms with Gasteiger partial charge in [0, 0.05) is 0 Å². The van der Waals surface area contributed by atoms with Crippen LogP contribution in [0.5, 0.6) is 0 Å². The van der Waals surface area contributed by atoms with E-state index in [4.69, 9.17) is 0 Å². The van der Waals surface area contributed by atoms with Crippen LogP contribution in [0.2, 0.25) is 5.32 Å². The van der Waals surface area contributed by atoms with Gasteiger partial charge in [-0.25, -0.2) is 0 Å². The van der Waals surface area contributed by atoms with E-state index in [-0.39, 0.29) is 0 Å². The quantitative estimate of drug-likeness (QED) is 0.418. The van der Waals surface area contributed by atoms with E-state index in [9.17, 15) is 0 Å². The topological polar surface area (TPSA) is 0 Å². The van der Waals surface area contributed by atoms with Crippen molar-refractivity contribution in [2.24, 2.45) is 0 Å². The van der Waals surface area contributed by atoms with E-state index >= 15 is 0 Å². The van der Waals surface area contributed by atoms with Crippen molar-refractivity contribution < 1.29 is 0 Å². The Morgan fingerprint density at radius 1 is 0.923 bits per heavy atom. The molecule has 0 nitrogen and oxygen atoms in total. The Bertz CT molecular complexity index is 108. The minimum atomic E-state index is 0.792. The molecule has 0 aliphatic carbocycles. The molecule has 0 aromatic carbocycles. The fraction of sp³-hybridized carbons (Fsp3) is 0.833. The van der Waals surface area contributed by atoms with Crippen LogP contribution in [-0.2, 0) is 0 Å². The molecule has 0 amide bonds. The number of hydrogen-bond donors (Lipinski definition) is 0. The third kappa shape index (κ3) is 12.3. The molecule has 13 heavy (non-hydrogen) atoms. The van der Waals surface area contributed by atoms with Gasteiger partial charge >= 0.3 is 90.1 Å². The molecular weight excluding hydrogens is 223 g/mol. The SMILES string of the molecule is CCCCCCC=C[Se]CCCC. The van der Waals surface area contributed by atoms with Gasteiger partial charge in [0.05, 0.1) is 0 Å². The number of rotatable bonds is 9. The Labute approximate surface area is 90.3 Å². The maximum absolute atomic E-state index is 2.43. The predicted octanol–water partition coefficient (Wildman–Crippen LogP) is 4.39. The summed E-state index contributed by atoms with van der Waals surface area (Å²) in [6.45, 7) is 4.54. The molecule has 0 aromatic heterocycles. The number of unbranched alkanes of at least 4 members (excludes halogenated alkanes) is 5. The fourth-order valence-corrected chi connectivity index (χ4v) is 2.93. The Morgan fingerprint density at radius 3 is 2.38 bits per heavy atom. The first kappa shape index (κ1) is 13.3. The average molecular weight is 247 g/mol. The van der Waals surface area contributed by atoms with Crippen molar-refractivity contribution >= 4 is 15.0 Å². The summed E-state index contributed by atoms with van der Waals surface area (Å²) in [7, 11) is 0. The summed E-state index contributed by atoms with van der Waals surface area (Å²) >= 11 is 0.792. The van der Waals surface area contributed by atoms with Crippen LogP contribution in [0.25, 0.3) is 0 Å². The molecule has 78 valence electrons. The van der Waals surface area contributed by atoms with Crippen LogP contribution >= 0.6 is 0 Å². The summed E-state index contributed by atoms with van der Waals surface area (Å²) in [5.41, 5.74) is 0. The summed E-state index contributed by atoms with van der Waals surface area (Å²) in [5.74, 6) is 0. The molecule has 0 rings (SSSR count). The van der Waals surface area contributed by atoms with Crippen LogP contribution in [0.1, 0.15) is 58.8 Å². The molecule has 0 unspecified atom stereocenters. The van der Waals surface area contributed by atoms with Gasteiger partial charge in [-0.1, -0.05) is 0 Å². The molecule has 0 saturated carbocycles. The first-order valence-corrected chi connectivity index (χ1v) is 7.88. The van der Waals surface area contributed by atoms with Crippen molar-refractivity contribution in [3.8, 4) is 0 Å². The van der Waals surface area contributed by atoms with Crippen molar-refractivity contribution in [3.05, 3.63) is 11.1 Å². The van der Waals surface area contributed by atoms with Gasteiger partial charge in [-0.3, -0.25) is 0 Å². The molecule has 1 heteroatoms. The Kier molecular flexibility index (Phi) is 12.5. The van der Waals surface area contributed by atoms with Gasteiger partial charge in [0.1, 0.15) is 0 Å². The fourth-order valence-electron chi connectivity index (χ4n) is 1.12. The first-order valence-electron chi connectivity index (χ1n) is 5.68. The molecule has 0 fully saturated rings. The summed E-state index contributed by atoms with van der Waals surface area (Å²) in [6.07, 6.45) is 12.1. The molecule has 0 spiro atoms. The third-order valence-electron chi connectivity index (χ3n) is 2.03. The van der Waals surface area contributed by atoms with Crippen LogP contribution in [0.15, 0.2) is 11.1 Å². The monoisotopic (exact) mass is 248 g/mol. The van der Waals surface area contributed by atoms with Gasteiger partial charge in [0.15, 0.2) is 0 Å². The van der Waals surface area contributed by atoms with Crippen LogP contribution in [0, 0.1) is 0 Å². The zero-order valence-electron chi connectivity index (χ0n) is 9.22. The van der Waals surface area contributed by atoms with Crippen LogP contribution < -0.4 is 0 Å². The molecule has 0 bridgehead atoms. The molecule has 0 aliphatic heterocycles. The van der Waals surface area contributed by atoms with Gasteiger partial charge in [-0.05, 0) is 0 Å². The van der Waals surface area contributed by atoms with Gasteiger partial charge in [0.25, 0.3) is 0 Å². The van der Waals surface area contributed by atoms with E-state index in [1.165, 1.54) is 50.3 Å². The maximum atomic E-state index is 2.43. The molecule has 0 saturated heterocycles. The second kappa shape index (κ2) is 12.3. The normalized spacial score (nSPS) is 11.2. The first-order chi connectivity index (χ1) is 6.41. The van der Waals surface area contributed by atoms with E-state index in [0.29, 0.717) is 0 Å². The molecule has 0 atom stereocenters. The summed E-state index contributed by atoms with van der Waals surface area (Å²) in [6, 6.07) is 0. The van der Waals surface area contributed by atoms with E-state index in [2.05, 4.69) is 24.9 Å². The van der Waals surface area contributed by atoms with Crippen molar-refractivity contribution in [2.45, 2.75) is 64.1 Å². The van der Waals surface area contributed by atoms with Crippen LogP contribution in [0.3, 0.4) is 0 Å². The van der Waals surface area contributed by atoms with Crippen LogP contribution in [0.4, 0.5) is 0 Å². The average Bonchev–Trinajstić information content (AvgIpc) is 2.16. The molecule has 0 N–H and O–H groups in total. The number of allylic oxidation sites excluding steroid dienone is 1. The second-order valence-corrected chi connectivity index (χ2v) is 5.57. The summed E-state index contributed by atoms with van der Waals surface area (Å²) in [5, 5.41) is 1.44. The standard InChI is InChI=1S/C12H24Se/c1-3-5-7-8-9-10-12-13-11-6-4-2/h10,12H,3-9,11H2,1-2H3. The molecule has 0 radical (unpaired) electrons. The zero-order chi connectivity index (χ0) is 9.78. The van der Waals surface area contributed by atoms with E-state index in [1.54, 1.807) is 0 Å². The molecule has 0 aliphatic rings. The zero-order valence-corrected chi connectivity index (χ0v) is 10.9. The third-order valence-corrected chi connectivity index (χ3v) is 3.94. The van der Waals surface area contributed by atoms with Crippen molar-refractivity contribution in [1.29, 1.82) is 0 Å². The Morgan fingerprint density at radius 2 is 1.69 bits per heavy atom. The van der Waals surface area contributed by atoms with Crippen molar-refractivity contribution in [3.63, 3.8) is 0 Å². The van der Waals surface area contributed by atoms with Gasteiger partial charge < -0.3 is 0 Å². The Balaban J connectivity index is 2.95. The van der Waals surface area contributed by atoms with Crippen LogP contribution in [-0.4, -0.2) is 15.0 Å². The van der Waals surface area contributed by atoms with E-state index in [1.807, 2.05) is 0 Å². The summed E-state index contributed by atoms with van der Waals surface area (Å²) in [4.78, 5) is 2.43.